The number of aliphatic imine (C=N–C) groups is 2. The minimum absolute atomic E-state index is 0.0546. The van der Waals surface area contributed by atoms with Crippen molar-refractivity contribution >= 4 is 62.8 Å². The molecule has 10 nitrogen and oxygen atoms in total. The number of nitrogens with zero attached hydrogens (tertiary/aromatic N) is 5. The Morgan fingerprint density at radius 3 is 2.36 bits per heavy atom. The summed E-state index contributed by atoms with van der Waals surface area (Å²) in [6.07, 6.45) is 9.34. The quantitative estimate of drug-likeness (QED) is 0.0461. The number of ether oxygens (including phenoxy) is 2. The van der Waals surface area contributed by atoms with E-state index in [1.54, 1.807) is 11.3 Å². The molecule has 7 rings (SSSR count). The molecular weight excluding hydrogens is 860 g/mol. The summed E-state index contributed by atoms with van der Waals surface area (Å²) in [6, 6.07) is 22.6. The summed E-state index contributed by atoms with van der Waals surface area (Å²) in [5, 5.41) is 18.8. The Kier molecular flexibility index (Phi) is 16.5. The molecule has 3 aliphatic rings. The van der Waals surface area contributed by atoms with Crippen LogP contribution in [-0.2, 0) is 15.9 Å². The lowest BCUT2D eigenvalue weighted by atomic mass is 9.98. The number of amidine groups is 1. The van der Waals surface area contributed by atoms with Crippen molar-refractivity contribution in [1.29, 1.82) is 0 Å². The predicted molar refractivity (Wildman–Crippen MR) is 281 cm³/mol. The molecule has 4 heterocycles. The van der Waals surface area contributed by atoms with Gasteiger partial charge in [0.1, 0.15) is 10.8 Å². The zero-order chi connectivity index (χ0) is 46.7. The maximum atomic E-state index is 6.31. The molecule has 0 saturated carbocycles. The molecule has 12 heteroatoms. The molecular formula is C54H65ClN8O2S. The Morgan fingerprint density at radius 1 is 0.924 bits per heavy atom. The second-order valence-corrected chi connectivity index (χ2v) is 18.8. The summed E-state index contributed by atoms with van der Waals surface area (Å²) >= 11 is 8.06. The first-order valence-corrected chi connectivity index (χ1v) is 24.2. The monoisotopic (exact) mass is 924 g/mol. The van der Waals surface area contributed by atoms with Gasteiger partial charge in [0.25, 0.3) is 0 Å². The lowest BCUT2D eigenvalue weighted by Crippen LogP contribution is -2.40. The number of hydrogen-bond donors (Lipinski definition) is 3. The van der Waals surface area contributed by atoms with Crippen LogP contribution in [0.25, 0.3) is 5.70 Å². The first-order valence-electron chi connectivity index (χ1n) is 23.0. The average Bonchev–Trinajstić information content (AvgIpc) is 3.53. The van der Waals surface area contributed by atoms with Gasteiger partial charge in [-0.2, -0.15) is 5.10 Å². The largest absolute Gasteiger partial charge is 0.383 e. The Labute approximate surface area is 401 Å². The molecule has 0 spiro atoms. The van der Waals surface area contributed by atoms with E-state index in [0.717, 1.165) is 150 Å². The average molecular weight is 926 g/mol. The third-order valence-electron chi connectivity index (χ3n) is 12.4. The van der Waals surface area contributed by atoms with Gasteiger partial charge in [0.05, 0.1) is 36.3 Å². The summed E-state index contributed by atoms with van der Waals surface area (Å²) in [5.74, 6) is 0.869. The fraction of sp³-hybridized carbons (Fsp3) is 0.352. The Bertz CT molecular complexity index is 2520. The number of aryl methyl sites for hydroxylation is 2. The maximum absolute atomic E-state index is 6.31. The number of benzene rings is 3. The Balaban J connectivity index is 0.776. The van der Waals surface area contributed by atoms with Gasteiger partial charge in [0.15, 0.2) is 0 Å². The summed E-state index contributed by atoms with van der Waals surface area (Å²) < 4.78 is 11.9. The molecule has 66 heavy (non-hydrogen) atoms. The van der Waals surface area contributed by atoms with Crippen LogP contribution in [0.15, 0.2) is 137 Å². The molecule has 346 valence electrons. The number of rotatable bonds is 20. The number of unbranched alkanes of at least 4 members (excludes halogenated alkanes) is 2. The standard InChI is InChI=1S/C54H65ClN8O2S/c1-35-15-26-51(38(4)59-35)63-39(5)49-33-48(25-20-45(49)34-58-63)57-27-31-65-29-12-10-11-28-64-30-13-14-43-16-23-47(24-17-43)60-36(2)32-50-40(6)62(42(8)56-9)54-52(37(3)41(7)66-54)53(61-50)44-18-21-46(55)22-19-44/h16-25,33-34,50-51,57,59-60H,1-2,4-6,10-15,26-32H2,3,7-9H3. The van der Waals surface area contributed by atoms with Crippen molar-refractivity contribution < 1.29 is 9.47 Å². The molecule has 1 fully saturated rings. The molecule has 1 aromatic heterocycles. The normalized spacial score (nSPS) is 17.3. The third-order valence-corrected chi connectivity index (χ3v) is 13.8. The van der Waals surface area contributed by atoms with E-state index in [9.17, 15) is 0 Å². The van der Waals surface area contributed by atoms with E-state index in [4.69, 9.17) is 26.1 Å². The van der Waals surface area contributed by atoms with Crippen LogP contribution in [0.5, 0.6) is 0 Å². The van der Waals surface area contributed by atoms with E-state index in [-0.39, 0.29) is 12.1 Å². The molecule has 4 aromatic rings. The van der Waals surface area contributed by atoms with Crippen LogP contribution in [0.2, 0.25) is 5.02 Å². The smallest absolute Gasteiger partial charge is 0.111 e. The number of allylic oxidation sites excluding steroid dienone is 1. The van der Waals surface area contributed by atoms with Crippen LogP contribution in [0.4, 0.5) is 16.4 Å². The minimum Gasteiger partial charge on any atom is -0.383 e. The highest BCUT2D eigenvalue weighted by atomic mass is 35.5. The molecule has 3 aromatic carbocycles. The van der Waals surface area contributed by atoms with Crippen molar-refractivity contribution in [3.63, 3.8) is 0 Å². The number of nitrogens with one attached hydrogen (secondary N) is 3. The van der Waals surface area contributed by atoms with Gasteiger partial charge in [-0.25, -0.2) is 0 Å². The van der Waals surface area contributed by atoms with Crippen LogP contribution in [-0.4, -0.2) is 74.9 Å². The van der Waals surface area contributed by atoms with Crippen LogP contribution in [0.3, 0.4) is 0 Å². The molecule has 2 atom stereocenters. The van der Waals surface area contributed by atoms with E-state index in [2.05, 4.69) is 120 Å². The number of anilines is 3. The second kappa shape index (κ2) is 22.7. The summed E-state index contributed by atoms with van der Waals surface area (Å²) in [6.45, 7) is 31.6. The third kappa shape index (κ3) is 11.8. The zero-order valence-electron chi connectivity index (χ0n) is 39.1. The minimum atomic E-state index is -0.265. The molecule has 3 aliphatic heterocycles. The fourth-order valence-corrected chi connectivity index (χ4v) is 9.85. The second-order valence-electron chi connectivity index (χ2n) is 17.2. The van der Waals surface area contributed by atoms with Crippen molar-refractivity contribution in [2.45, 2.75) is 84.2 Å². The van der Waals surface area contributed by atoms with E-state index >= 15 is 0 Å². The summed E-state index contributed by atoms with van der Waals surface area (Å²) in [7, 11) is 1.82. The Morgan fingerprint density at radius 2 is 1.64 bits per heavy atom. The highest BCUT2D eigenvalue weighted by Gasteiger charge is 2.33. The van der Waals surface area contributed by atoms with Crippen LogP contribution < -0.4 is 20.9 Å². The Hall–Kier alpha value is -5.72. The first kappa shape index (κ1) is 48.2. The zero-order valence-corrected chi connectivity index (χ0v) is 40.7. The molecule has 0 bridgehead atoms. The predicted octanol–water partition coefficient (Wildman–Crippen LogP) is 12.3. The van der Waals surface area contributed by atoms with Crippen molar-refractivity contribution in [2.24, 2.45) is 15.1 Å². The van der Waals surface area contributed by atoms with E-state index in [0.29, 0.717) is 18.1 Å². The molecule has 0 aliphatic carbocycles. The summed E-state index contributed by atoms with van der Waals surface area (Å²) in [5.41, 5.74) is 14.2. The number of piperidine rings is 1. The number of fused-ring (bicyclic) bond motifs is 2. The number of halogens is 1. The van der Waals surface area contributed by atoms with Crippen LogP contribution in [0, 0.1) is 13.8 Å². The van der Waals surface area contributed by atoms with Gasteiger partial charge in [-0.1, -0.05) is 74.8 Å². The molecule has 3 N–H and O–H groups in total. The first-order chi connectivity index (χ1) is 31.9. The lowest BCUT2D eigenvalue weighted by Gasteiger charge is -2.37. The van der Waals surface area contributed by atoms with E-state index in [1.165, 1.54) is 16.0 Å². The van der Waals surface area contributed by atoms with Crippen LogP contribution >= 0.6 is 22.9 Å². The maximum Gasteiger partial charge on any atom is 0.111 e. The van der Waals surface area contributed by atoms with Crippen molar-refractivity contribution in [1.82, 2.24) is 10.3 Å². The van der Waals surface area contributed by atoms with Gasteiger partial charge in [-0.3, -0.25) is 19.9 Å². The summed E-state index contributed by atoms with van der Waals surface area (Å²) in [4.78, 5) is 13.4. The lowest BCUT2D eigenvalue weighted by molar-refractivity contribution is 0.117. The number of hydrazone groups is 1. The van der Waals surface area contributed by atoms with Crippen LogP contribution in [0.1, 0.15) is 90.1 Å². The van der Waals surface area contributed by atoms with Gasteiger partial charge in [-0.05, 0) is 113 Å². The van der Waals surface area contributed by atoms with Crippen molar-refractivity contribution in [3.05, 3.63) is 166 Å². The molecule has 2 unspecified atom stereocenters. The number of thiophene rings is 1. The van der Waals surface area contributed by atoms with E-state index < -0.39 is 0 Å². The van der Waals surface area contributed by atoms with E-state index in [1.807, 2.05) is 49.5 Å². The van der Waals surface area contributed by atoms with Gasteiger partial charge < -0.3 is 25.4 Å². The highest BCUT2D eigenvalue weighted by Crippen LogP contribution is 2.43. The molecule has 0 amide bonds. The fourth-order valence-electron chi connectivity index (χ4n) is 8.49. The topological polar surface area (TPSA) is 98.1 Å². The van der Waals surface area contributed by atoms with Gasteiger partial charge in [0, 0.05) is 106 Å². The SMILES string of the molecule is C=C1CCC(N2N=Cc3ccc(NCCOCCCCCOCCCc4ccc(NC(=C)CC5N=C(c6ccc(Cl)cc6)c6c(sc(C)c6C)N(C(C)=NC)C5=C)cc4)cc3C2=C)C(=C)N1. The molecule has 0 radical (unpaired) electrons. The van der Waals surface area contributed by atoms with Gasteiger partial charge in [-0.15, -0.1) is 11.3 Å². The highest BCUT2D eigenvalue weighted by molar-refractivity contribution is 7.17. The van der Waals surface area contributed by atoms with Crippen molar-refractivity contribution in [3.8, 4) is 0 Å². The number of hydrogen-bond acceptors (Lipinski definition) is 10. The van der Waals surface area contributed by atoms with Crippen molar-refractivity contribution in [2.75, 3.05) is 55.6 Å². The van der Waals surface area contributed by atoms with Gasteiger partial charge >= 0.3 is 0 Å². The molecule has 1 saturated heterocycles. The van der Waals surface area contributed by atoms with Gasteiger partial charge in [0.2, 0.25) is 0 Å².